The van der Waals surface area contributed by atoms with Gasteiger partial charge in [0.2, 0.25) is 5.91 Å². The molecule has 1 amide bonds. The topological polar surface area (TPSA) is 61.9 Å². The lowest BCUT2D eigenvalue weighted by atomic mass is 9.87. The number of hydrogen-bond donors (Lipinski definition) is 1. The first-order chi connectivity index (χ1) is 13.1. The zero-order valence-electron chi connectivity index (χ0n) is 15.2. The molecule has 0 radical (unpaired) electrons. The molecule has 138 valence electrons. The molecular formula is C21H21FN4O. The molecule has 0 atom stereocenters. The van der Waals surface area contributed by atoms with Crippen molar-refractivity contribution >= 4 is 5.91 Å². The number of hydrogen-bond acceptors (Lipinski definition) is 3. The Kier molecular flexibility index (Phi) is 4.71. The Labute approximate surface area is 157 Å². The summed E-state index contributed by atoms with van der Waals surface area (Å²) in [6.45, 7) is 3.12. The lowest BCUT2D eigenvalue weighted by molar-refractivity contribution is -0.129. The third-order valence-electron chi connectivity index (χ3n) is 5.23. The maximum absolute atomic E-state index is 13.4. The number of carbonyl (C=O) groups is 1. The molecule has 1 N–H and O–H groups in total. The van der Waals surface area contributed by atoms with Crippen LogP contribution in [0.4, 0.5) is 4.39 Å². The molecule has 1 aliphatic heterocycles. The second kappa shape index (κ2) is 7.31. The quantitative estimate of drug-likeness (QED) is 0.764. The Morgan fingerprint density at radius 1 is 1.07 bits per heavy atom. The molecule has 3 heterocycles. The largest absolute Gasteiger partial charge is 0.343 e. The number of amides is 1. The van der Waals surface area contributed by atoms with E-state index in [9.17, 15) is 9.18 Å². The Morgan fingerprint density at radius 2 is 1.74 bits per heavy atom. The van der Waals surface area contributed by atoms with Gasteiger partial charge in [0.05, 0.1) is 0 Å². The van der Waals surface area contributed by atoms with Gasteiger partial charge in [-0.3, -0.25) is 14.9 Å². The van der Waals surface area contributed by atoms with Gasteiger partial charge < -0.3 is 4.90 Å². The maximum Gasteiger partial charge on any atom is 0.219 e. The van der Waals surface area contributed by atoms with Gasteiger partial charge in [0.1, 0.15) is 11.5 Å². The monoisotopic (exact) mass is 364 g/mol. The van der Waals surface area contributed by atoms with Crippen LogP contribution < -0.4 is 0 Å². The average molecular weight is 364 g/mol. The fourth-order valence-electron chi connectivity index (χ4n) is 3.76. The number of aromatic amines is 1. The van der Waals surface area contributed by atoms with Gasteiger partial charge in [-0.2, -0.15) is 5.10 Å². The normalized spacial score (nSPS) is 15.1. The van der Waals surface area contributed by atoms with Gasteiger partial charge in [0.15, 0.2) is 0 Å². The molecule has 0 spiro atoms. The first-order valence-corrected chi connectivity index (χ1v) is 9.13. The number of H-pyrrole nitrogens is 1. The Balaban J connectivity index is 1.74. The second-order valence-electron chi connectivity index (χ2n) is 6.88. The van der Waals surface area contributed by atoms with Crippen LogP contribution in [0.3, 0.4) is 0 Å². The van der Waals surface area contributed by atoms with Crippen LogP contribution in [-0.4, -0.2) is 39.1 Å². The highest BCUT2D eigenvalue weighted by Crippen LogP contribution is 2.39. The van der Waals surface area contributed by atoms with Crippen LogP contribution in [0.25, 0.3) is 22.4 Å². The van der Waals surface area contributed by atoms with E-state index >= 15 is 0 Å². The molecule has 1 aliphatic rings. The van der Waals surface area contributed by atoms with E-state index in [0.29, 0.717) is 5.92 Å². The summed E-state index contributed by atoms with van der Waals surface area (Å²) in [6, 6.07) is 10.3. The lowest BCUT2D eigenvalue weighted by Crippen LogP contribution is -2.36. The molecule has 6 heteroatoms. The standard InChI is InChI=1S/C21H21FN4O/c1-14(27)26-12-8-17(9-13-26)21-19(15-6-10-23-11-7-15)20(24-25-21)16-2-4-18(22)5-3-16/h2-7,10-11,17H,8-9,12-13H2,1H3,(H,24,25). The molecule has 1 fully saturated rings. The molecule has 1 aromatic carbocycles. The van der Waals surface area contributed by atoms with Gasteiger partial charge in [0, 0.05) is 55.1 Å². The molecule has 27 heavy (non-hydrogen) atoms. The number of rotatable bonds is 3. The first kappa shape index (κ1) is 17.4. The van der Waals surface area contributed by atoms with Gasteiger partial charge in [-0.05, 0) is 54.8 Å². The zero-order valence-corrected chi connectivity index (χ0v) is 15.2. The van der Waals surface area contributed by atoms with Crippen LogP contribution in [0.5, 0.6) is 0 Å². The van der Waals surface area contributed by atoms with Crippen molar-refractivity contribution in [1.82, 2.24) is 20.1 Å². The number of aromatic nitrogens is 3. The number of benzene rings is 1. The van der Waals surface area contributed by atoms with Crippen LogP contribution in [0, 0.1) is 5.82 Å². The maximum atomic E-state index is 13.4. The number of halogens is 1. The fraction of sp³-hybridized carbons (Fsp3) is 0.286. The van der Waals surface area contributed by atoms with E-state index in [0.717, 1.165) is 54.0 Å². The smallest absolute Gasteiger partial charge is 0.219 e. The van der Waals surface area contributed by atoms with Crippen molar-refractivity contribution in [3.05, 3.63) is 60.3 Å². The minimum atomic E-state index is -0.267. The predicted molar refractivity (Wildman–Crippen MR) is 101 cm³/mol. The lowest BCUT2D eigenvalue weighted by Gasteiger charge is -2.31. The molecule has 5 nitrogen and oxygen atoms in total. The van der Waals surface area contributed by atoms with Gasteiger partial charge in [-0.25, -0.2) is 4.39 Å². The van der Waals surface area contributed by atoms with E-state index in [1.54, 1.807) is 31.5 Å². The predicted octanol–water partition coefficient (Wildman–Crippen LogP) is 4.00. The summed E-state index contributed by atoms with van der Waals surface area (Å²) in [7, 11) is 0. The second-order valence-corrected chi connectivity index (χ2v) is 6.88. The first-order valence-electron chi connectivity index (χ1n) is 9.13. The summed E-state index contributed by atoms with van der Waals surface area (Å²) >= 11 is 0. The third kappa shape index (κ3) is 3.47. The summed E-state index contributed by atoms with van der Waals surface area (Å²) in [5, 5.41) is 7.81. The van der Waals surface area contributed by atoms with Crippen molar-refractivity contribution in [2.45, 2.75) is 25.7 Å². The third-order valence-corrected chi connectivity index (χ3v) is 5.23. The number of nitrogens with one attached hydrogen (secondary N) is 1. The van der Waals surface area contributed by atoms with Crippen LogP contribution in [0.1, 0.15) is 31.4 Å². The van der Waals surface area contributed by atoms with Gasteiger partial charge in [-0.1, -0.05) is 0 Å². The number of piperidine rings is 1. The van der Waals surface area contributed by atoms with Crippen LogP contribution in [-0.2, 0) is 4.79 Å². The molecule has 0 saturated carbocycles. The van der Waals surface area contributed by atoms with Gasteiger partial charge >= 0.3 is 0 Å². The van der Waals surface area contributed by atoms with E-state index < -0.39 is 0 Å². The van der Waals surface area contributed by atoms with E-state index in [1.807, 2.05) is 17.0 Å². The SMILES string of the molecule is CC(=O)N1CCC(c2[nH]nc(-c3ccc(F)cc3)c2-c2ccncc2)CC1. The van der Waals surface area contributed by atoms with E-state index in [4.69, 9.17) is 0 Å². The molecule has 1 saturated heterocycles. The average Bonchev–Trinajstić information content (AvgIpc) is 3.14. The summed E-state index contributed by atoms with van der Waals surface area (Å²) in [5.41, 5.74) is 4.81. The highest BCUT2D eigenvalue weighted by Gasteiger charge is 2.27. The summed E-state index contributed by atoms with van der Waals surface area (Å²) in [6.07, 6.45) is 5.31. The molecule has 3 aromatic rings. The highest BCUT2D eigenvalue weighted by atomic mass is 19.1. The molecule has 0 aliphatic carbocycles. The van der Waals surface area contributed by atoms with Crippen LogP contribution in [0.2, 0.25) is 0 Å². The zero-order chi connectivity index (χ0) is 18.8. The van der Waals surface area contributed by atoms with Crippen molar-refractivity contribution in [3.63, 3.8) is 0 Å². The van der Waals surface area contributed by atoms with Crippen LogP contribution in [0.15, 0.2) is 48.8 Å². The molecular weight excluding hydrogens is 343 g/mol. The molecule has 0 unspecified atom stereocenters. The van der Waals surface area contributed by atoms with Crippen molar-refractivity contribution in [3.8, 4) is 22.4 Å². The van der Waals surface area contributed by atoms with Crippen molar-refractivity contribution in [2.24, 2.45) is 0 Å². The molecule has 0 bridgehead atoms. The van der Waals surface area contributed by atoms with Crippen molar-refractivity contribution in [2.75, 3.05) is 13.1 Å². The molecule has 2 aromatic heterocycles. The Hall–Kier alpha value is -3.02. The Bertz CT molecular complexity index is 929. The van der Waals surface area contributed by atoms with E-state index in [2.05, 4.69) is 15.2 Å². The number of carbonyl (C=O) groups excluding carboxylic acids is 1. The van der Waals surface area contributed by atoms with E-state index in [-0.39, 0.29) is 11.7 Å². The number of likely N-dealkylation sites (tertiary alicyclic amines) is 1. The molecule has 4 rings (SSSR count). The summed E-state index contributed by atoms with van der Waals surface area (Å²) in [4.78, 5) is 17.6. The Morgan fingerprint density at radius 3 is 2.37 bits per heavy atom. The minimum Gasteiger partial charge on any atom is -0.343 e. The highest BCUT2D eigenvalue weighted by molar-refractivity contribution is 5.83. The summed E-state index contributed by atoms with van der Waals surface area (Å²) < 4.78 is 13.4. The fourth-order valence-corrected chi connectivity index (χ4v) is 3.76. The number of pyridine rings is 1. The van der Waals surface area contributed by atoms with E-state index in [1.165, 1.54) is 12.1 Å². The van der Waals surface area contributed by atoms with Crippen LogP contribution >= 0.6 is 0 Å². The summed E-state index contributed by atoms with van der Waals surface area (Å²) in [5.74, 6) is 0.154. The van der Waals surface area contributed by atoms with Gasteiger partial charge in [-0.15, -0.1) is 0 Å². The van der Waals surface area contributed by atoms with Gasteiger partial charge in [0.25, 0.3) is 0 Å². The van der Waals surface area contributed by atoms with Crippen molar-refractivity contribution < 1.29 is 9.18 Å². The van der Waals surface area contributed by atoms with Crippen molar-refractivity contribution in [1.29, 1.82) is 0 Å². The minimum absolute atomic E-state index is 0.124. The number of nitrogens with zero attached hydrogens (tertiary/aromatic N) is 3.